The number of carbonyl (C=O) groups is 1. The van der Waals surface area contributed by atoms with Crippen molar-refractivity contribution in [1.82, 2.24) is 5.06 Å². The number of hydroxylamine groups is 2. The van der Waals surface area contributed by atoms with Crippen LogP contribution in [0.1, 0.15) is 29.6 Å². The van der Waals surface area contributed by atoms with Crippen molar-refractivity contribution in [2.45, 2.75) is 31.1 Å². The van der Waals surface area contributed by atoms with E-state index in [4.69, 9.17) is 9.47 Å². The number of benzene rings is 1. The van der Waals surface area contributed by atoms with Gasteiger partial charge in [-0.15, -0.1) is 0 Å². The first-order valence-corrected chi connectivity index (χ1v) is 6.74. The molecule has 0 aliphatic carbocycles. The molecule has 5 nitrogen and oxygen atoms in total. The molecule has 0 aromatic heterocycles. The standard InChI is InChI=1S/C15H21NO4/c1-19-15(20-2)9-8-13(16(18)11-15)10-14(17)12-6-4-3-5-7-12/h3-7,13,18H,8-11H2,1-2H3/t13-/m0/s1. The number of ether oxygens (including phenoxy) is 2. The lowest BCUT2D eigenvalue weighted by Crippen LogP contribution is -2.53. The summed E-state index contributed by atoms with van der Waals surface area (Å²) in [6.45, 7) is 0.243. The third-order valence-corrected chi connectivity index (χ3v) is 3.94. The third kappa shape index (κ3) is 3.24. The van der Waals surface area contributed by atoms with Crippen LogP contribution < -0.4 is 0 Å². The Balaban J connectivity index is 1.97. The molecule has 20 heavy (non-hydrogen) atoms. The first kappa shape index (κ1) is 15.1. The van der Waals surface area contributed by atoms with Crippen molar-refractivity contribution in [2.75, 3.05) is 20.8 Å². The van der Waals surface area contributed by atoms with Crippen LogP contribution in [0.4, 0.5) is 0 Å². The Morgan fingerprint density at radius 1 is 1.35 bits per heavy atom. The fourth-order valence-corrected chi connectivity index (χ4v) is 2.57. The van der Waals surface area contributed by atoms with Gasteiger partial charge in [-0.25, -0.2) is 0 Å². The fourth-order valence-electron chi connectivity index (χ4n) is 2.57. The Hall–Kier alpha value is -1.27. The highest BCUT2D eigenvalue weighted by Gasteiger charge is 2.40. The molecule has 0 radical (unpaired) electrons. The molecule has 0 saturated carbocycles. The molecule has 1 aliphatic heterocycles. The summed E-state index contributed by atoms with van der Waals surface area (Å²) >= 11 is 0. The van der Waals surface area contributed by atoms with E-state index < -0.39 is 5.79 Å². The summed E-state index contributed by atoms with van der Waals surface area (Å²) in [5.74, 6) is -0.738. The maximum Gasteiger partial charge on any atom is 0.182 e. The number of piperidine rings is 1. The molecule has 1 atom stereocenters. The zero-order valence-corrected chi connectivity index (χ0v) is 11.9. The number of carbonyl (C=O) groups excluding carboxylic acids is 1. The van der Waals surface area contributed by atoms with Gasteiger partial charge in [-0.1, -0.05) is 30.3 Å². The van der Waals surface area contributed by atoms with E-state index in [-0.39, 0.29) is 18.4 Å². The van der Waals surface area contributed by atoms with Gasteiger partial charge in [0, 0.05) is 38.7 Å². The SMILES string of the molecule is COC1(OC)CC[C@@H](CC(=O)c2ccccc2)N(O)C1. The second-order valence-corrected chi connectivity index (χ2v) is 5.10. The highest BCUT2D eigenvalue weighted by molar-refractivity contribution is 5.96. The number of methoxy groups -OCH3 is 2. The van der Waals surface area contributed by atoms with E-state index in [9.17, 15) is 10.0 Å². The van der Waals surface area contributed by atoms with Crippen LogP contribution in [0.5, 0.6) is 0 Å². The van der Waals surface area contributed by atoms with E-state index >= 15 is 0 Å². The molecular weight excluding hydrogens is 258 g/mol. The Labute approximate surface area is 119 Å². The largest absolute Gasteiger partial charge is 0.352 e. The van der Waals surface area contributed by atoms with Crippen LogP contribution in [-0.2, 0) is 9.47 Å². The van der Waals surface area contributed by atoms with Crippen LogP contribution in [0.15, 0.2) is 30.3 Å². The molecule has 0 bridgehead atoms. The Morgan fingerprint density at radius 3 is 2.55 bits per heavy atom. The lowest BCUT2D eigenvalue weighted by Gasteiger charge is -2.41. The van der Waals surface area contributed by atoms with Gasteiger partial charge in [-0.2, -0.15) is 5.06 Å². The quantitative estimate of drug-likeness (QED) is 0.660. The molecule has 1 aromatic rings. The summed E-state index contributed by atoms with van der Waals surface area (Å²) < 4.78 is 10.7. The molecule has 2 rings (SSSR count). The van der Waals surface area contributed by atoms with Gasteiger partial charge in [0.25, 0.3) is 0 Å². The van der Waals surface area contributed by atoms with Gasteiger partial charge in [0.2, 0.25) is 0 Å². The van der Waals surface area contributed by atoms with Crippen molar-refractivity contribution >= 4 is 5.78 Å². The van der Waals surface area contributed by atoms with E-state index in [1.807, 2.05) is 18.2 Å². The van der Waals surface area contributed by atoms with Crippen LogP contribution in [0.2, 0.25) is 0 Å². The van der Waals surface area contributed by atoms with E-state index in [0.717, 1.165) is 5.06 Å². The van der Waals surface area contributed by atoms with Crippen molar-refractivity contribution in [1.29, 1.82) is 0 Å². The van der Waals surface area contributed by atoms with Gasteiger partial charge in [-0.05, 0) is 6.42 Å². The van der Waals surface area contributed by atoms with Crippen LogP contribution >= 0.6 is 0 Å². The number of rotatable bonds is 5. The second kappa shape index (κ2) is 6.45. The Kier molecular flexibility index (Phi) is 4.88. The average molecular weight is 279 g/mol. The van der Waals surface area contributed by atoms with Gasteiger partial charge in [0.1, 0.15) is 0 Å². The Morgan fingerprint density at radius 2 is 2.00 bits per heavy atom. The summed E-state index contributed by atoms with van der Waals surface area (Å²) in [5, 5.41) is 11.2. The topological polar surface area (TPSA) is 59.0 Å². The highest BCUT2D eigenvalue weighted by Crippen LogP contribution is 2.29. The highest BCUT2D eigenvalue weighted by atomic mass is 16.7. The lowest BCUT2D eigenvalue weighted by atomic mass is 9.93. The minimum Gasteiger partial charge on any atom is -0.352 e. The predicted octanol–water partition coefficient (Wildman–Crippen LogP) is 2.10. The Bertz CT molecular complexity index is 444. The van der Waals surface area contributed by atoms with E-state index in [1.54, 1.807) is 26.4 Å². The molecular formula is C15H21NO4. The summed E-state index contributed by atoms with van der Waals surface area (Å²) in [6, 6.07) is 8.95. The van der Waals surface area contributed by atoms with Crippen molar-refractivity contribution in [3.63, 3.8) is 0 Å². The monoisotopic (exact) mass is 279 g/mol. The molecule has 1 fully saturated rings. The van der Waals surface area contributed by atoms with Crippen LogP contribution in [0, 0.1) is 0 Å². The van der Waals surface area contributed by atoms with Crippen LogP contribution in [0.25, 0.3) is 0 Å². The second-order valence-electron chi connectivity index (χ2n) is 5.10. The van der Waals surface area contributed by atoms with Crippen LogP contribution in [0.3, 0.4) is 0 Å². The van der Waals surface area contributed by atoms with E-state index in [1.165, 1.54) is 0 Å². The number of Topliss-reactive ketones (excluding diaryl/α,β-unsaturated/α-hetero) is 1. The zero-order chi connectivity index (χ0) is 14.6. The van der Waals surface area contributed by atoms with E-state index in [0.29, 0.717) is 24.8 Å². The van der Waals surface area contributed by atoms with Crippen molar-refractivity contribution in [3.8, 4) is 0 Å². The molecule has 1 N–H and O–H groups in total. The van der Waals surface area contributed by atoms with Gasteiger partial charge in [0.15, 0.2) is 11.6 Å². The molecule has 0 amide bonds. The smallest absolute Gasteiger partial charge is 0.182 e. The zero-order valence-electron chi connectivity index (χ0n) is 11.9. The number of hydrogen-bond donors (Lipinski definition) is 1. The summed E-state index contributed by atoms with van der Waals surface area (Å²) in [6.07, 6.45) is 1.60. The number of hydrogen-bond acceptors (Lipinski definition) is 5. The molecule has 1 saturated heterocycles. The number of nitrogens with zero attached hydrogens (tertiary/aromatic N) is 1. The maximum absolute atomic E-state index is 12.2. The predicted molar refractivity (Wildman–Crippen MR) is 73.7 cm³/mol. The molecule has 1 aliphatic rings. The first-order valence-electron chi connectivity index (χ1n) is 6.74. The van der Waals surface area contributed by atoms with Gasteiger partial charge >= 0.3 is 0 Å². The van der Waals surface area contributed by atoms with E-state index in [2.05, 4.69) is 0 Å². The summed E-state index contributed by atoms with van der Waals surface area (Å²) in [5.41, 5.74) is 0.677. The van der Waals surface area contributed by atoms with Crippen molar-refractivity contribution in [2.24, 2.45) is 0 Å². The van der Waals surface area contributed by atoms with Gasteiger partial charge in [-0.3, -0.25) is 4.79 Å². The normalized spacial score (nSPS) is 22.6. The maximum atomic E-state index is 12.2. The lowest BCUT2D eigenvalue weighted by molar-refractivity contribution is -0.286. The average Bonchev–Trinajstić information content (AvgIpc) is 2.50. The fraction of sp³-hybridized carbons (Fsp3) is 0.533. The first-order chi connectivity index (χ1) is 9.60. The van der Waals surface area contributed by atoms with Crippen molar-refractivity contribution < 1.29 is 19.5 Å². The van der Waals surface area contributed by atoms with Gasteiger partial charge < -0.3 is 14.7 Å². The minimum absolute atomic E-state index is 0.0389. The van der Waals surface area contributed by atoms with Crippen molar-refractivity contribution in [3.05, 3.63) is 35.9 Å². The molecule has 5 heteroatoms. The molecule has 0 spiro atoms. The molecule has 1 heterocycles. The third-order valence-electron chi connectivity index (χ3n) is 3.94. The molecule has 1 aromatic carbocycles. The number of ketones is 1. The molecule has 110 valence electrons. The van der Waals surface area contributed by atoms with Gasteiger partial charge in [0.05, 0.1) is 6.54 Å². The summed E-state index contributed by atoms with van der Waals surface area (Å²) in [7, 11) is 3.12. The minimum atomic E-state index is -0.777. The molecule has 0 unspecified atom stereocenters. The summed E-state index contributed by atoms with van der Waals surface area (Å²) in [4.78, 5) is 12.2. The van der Waals surface area contributed by atoms with Crippen LogP contribution in [-0.4, -0.2) is 48.6 Å².